The minimum atomic E-state index is 0.551. The lowest BCUT2D eigenvalue weighted by atomic mass is 9.92. The fraction of sp³-hybridized carbons (Fsp3) is 0.409. The summed E-state index contributed by atoms with van der Waals surface area (Å²) in [6.45, 7) is 2.59. The van der Waals surface area contributed by atoms with E-state index in [1.54, 1.807) is 0 Å². The Labute approximate surface area is 181 Å². The molecule has 0 saturated carbocycles. The molecule has 0 bridgehead atoms. The number of tetrazole rings is 1. The van der Waals surface area contributed by atoms with Gasteiger partial charge in [0.05, 0.1) is 16.6 Å². The minimum Gasteiger partial charge on any atom is -0.339 e. The van der Waals surface area contributed by atoms with E-state index >= 15 is 0 Å². The summed E-state index contributed by atoms with van der Waals surface area (Å²) in [6.07, 6.45) is 6.05. The Kier molecular flexibility index (Phi) is 6.67. The second kappa shape index (κ2) is 9.59. The summed E-state index contributed by atoms with van der Waals surface area (Å²) < 4.78 is 1.85. The first kappa shape index (κ1) is 20.2. The molecule has 0 amide bonds. The van der Waals surface area contributed by atoms with Crippen LogP contribution >= 0.6 is 23.2 Å². The summed E-state index contributed by atoms with van der Waals surface area (Å²) in [6, 6.07) is 16.4. The van der Waals surface area contributed by atoms with E-state index in [1.165, 1.54) is 31.2 Å². The number of anilines is 1. The van der Waals surface area contributed by atoms with Crippen LogP contribution in [0.3, 0.4) is 0 Å². The lowest BCUT2D eigenvalue weighted by Gasteiger charge is -2.33. The summed E-state index contributed by atoms with van der Waals surface area (Å²) in [5.41, 5.74) is 2.45. The SMILES string of the molecule is Clc1ccc(Cn2nnnc2N2CCCC(CCCc3ccccc3)C2)cc1Cl. The second-order valence-corrected chi connectivity index (χ2v) is 8.53. The van der Waals surface area contributed by atoms with Crippen LogP contribution < -0.4 is 4.90 Å². The van der Waals surface area contributed by atoms with Gasteiger partial charge in [0, 0.05) is 13.1 Å². The molecule has 0 aliphatic carbocycles. The van der Waals surface area contributed by atoms with E-state index in [-0.39, 0.29) is 0 Å². The Hall–Kier alpha value is -2.11. The van der Waals surface area contributed by atoms with Gasteiger partial charge in [-0.25, -0.2) is 4.68 Å². The van der Waals surface area contributed by atoms with Crippen LogP contribution in [0.4, 0.5) is 5.95 Å². The van der Waals surface area contributed by atoms with Crippen molar-refractivity contribution in [3.05, 3.63) is 69.7 Å². The number of benzene rings is 2. The quantitative estimate of drug-likeness (QED) is 0.513. The molecule has 1 aliphatic heterocycles. The third-order valence-corrected chi connectivity index (χ3v) is 6.29. The Morgan fingerprint density at radius 2 is 1.86 bits per heavy atom. The Morgan fingerprint density at radius 3 is 2.69 bits per heavy atom. The molecular weight excluding hydrogens is 405 g/mol. The molecule has 2 aromatic carbocycles. The summed E-state index contributed by atoms with van der Waals surface area (Å²) in [5.74, 6) is 1.52. The molecule has 1 fully saturated rings. The average molecular weight is 430 g/mol. The van der Waals surface area contributed by atoms with Crippen LogP contribution in [0.25, 0.3) is 0 Å². The minimum absolute atomic E-state index is 0.551. The van der Waals surface area contributed by atoms with Crippen molar-refractivity contribution in [2.75, 3.05) is 18.0 Å². The van der Waals surface area contributed by atoms with Crippen LogP contribution in [-0.2, 0) is 13.0 Å². The number of aryl methyl sites for hydroxylation is 1. The third-order valence-electron chi connectivity index (χ3n) is 5.55. The van der Waals surface area contributed by atoms with Crippen LogP contribution in [0.15, 0.2) is 48.5 Å². The largest absolute Gasteiger partial charge is 0.339 e. The van der Waals surface area contributed by atoms with Gasteiger partial charge < -0.3 is 4.90 Å². The standard InChI is InChI=1S/C22H25Cl2N5/c23-20-12-11-19(14-21(20)24)16-29-22(25-26-27-29)28-13-5-10-18(15-28)9-4-8-17-6-2-1-3-7-17/h1-3,6-7,11-12,14,18H,4-5,8-10,13,15-16H2. The van der Waals surface area contributed by atoms with Gasteiger partial charge >= 0.3 is 0 Å². The highest BCUT2D eigenvalue weighted by Crippen LogP contribution is 2.26. The van der Waals surface area contributed by atoms with Gasteiger partial charge in [-0.2, -0.15) is 0 Å². The maximum absolute atomic E-state index is 6.15. The molecule has 5 nitrogen and oxygen atoms in total. The van der Waals surface area contributed by atoms with Crippen LogP contribution in [0, 0.1) is 5.92 Å². The molecule has 1 saturated heterocycles. The van der Waals surface area contributed by atoms with E-state index in [2.05, 4.69) is 50.8 Å². The first-order chi connectivity index (χ1) is 14.2. The second-order valence-electron chi connectivity index (χ2n) is 7.72. The van der Waals surface area contributed by atoms with Crippen molar-refractivity contribution in [2.45, 2.75) is 38.6 Å². The van der Waals surface area contributed by atoms with E-state index in [1.807, 2.05) is 22.9 Å². The van der Waals surface area contributed by atoms with Crippen LogP contribution in [-0.4, -0.2) is 33.3 Å². The van der Waals surface area contributed by atoms with E-state index in [9.17, 15) is 0 Å². The van der Waals surface area contributed by atoms with Crippen molar-refractivity contribution in [2.24, 2.45) is 5.92 Å². The monoisotopic (exact) mass is 429 g/mol. The number of rotatable bonds is 7. The molecule has 1 atom stereocenters. The Morgan fingerprint density at radius 1 is 1.00 bits per heavy atom. The molecule has 0 radical (unpaired) electrons. The lowest BCUT2D eigenvalue weighted by Crippen LogP contribution is -2.37. The predicted molar refractivity (Wildman–Crippen MR) is 118 cm³/mol. The summed E-state index contributed by atoms with van der Waals surface area (Å²) in [7, 11) is 0. The summed E-state index contributed by atoms with van der Waals surface area (Å²) in [4.78, 5) is 2.33. The topological polar surface area (TPSA) is 46.8 Å². The van der Waals surface area contributed by atoms with Gasteiger partial charge in [0.15, 0.2) is 0 Å². The predicted octanol–water partition coefficient (Wildman–Crippen LogP) is 5.27. The van der Waals surface area contributed by atoms with Crippen LogP contribution in [0.5, 0.6) is 0 Å². The molecule has 29 heavy (non-hydrogen) atoms. The summed E-state index contributed by atoms with van der Waals surface area (Å²) in [5, 5.41) is 13.5. The highest BCUT2D eigenvalue weighted by atomic mass is 35.5. The molecule has 1 unspecified atom stereocenters. The molecule has 1 aliphatic rings. The number of piperidine rings is 1. The van der Waals surface area contributed by atoms with Crippen molar-refractivity contribution < 1.29 is 0 Å². The highest BCUT2D eigenvalue weighted by molar-refractivity contribution is 6.42. The first-order valence-corrected chi connectivity index (χ1v) is 10.9. The lowest BCUT2D eigenvalue weighted by molar-refractivity contribution is 0.376. The zero-order valence-electron chi connectivity index (χ0n) is 16.3. The van der Waals surface area contributed by atoms with E-state index in [0.29, 0.717) is 22.5 Å². The van der Waals surface area contributed by atoms with Crippen molar-refractivity contribution in [3.8, 4) is 0 Å². The number of nitrogens with zero attached hydrogens (tertiary/aromatic N) is 5. The van der Waals surface area contributed by atoms with Gasteiger partial charge in [-0.1, -0.05) is 64.7 Å². The molecule has 1 aromatic heterocycles. The van der Waals surface area contributed by atoms with Crippen molar-refractivity contribution in [1.29, 1.82) is 0 Å². The maximum Gasteiger partial charge on any atom is 0.245 e. The molecular formula is C22H25Cl2N5. The van der Waals surface area contributed by atoms with Gasteiger partial charge in [-0.05, 0) is 71.7 Å². The van der Waals surface area contributed by atoms with Gasteiger partial charge in [-0.15, -0.1) is 0 Å². The third kappa shape index (κ3) is 5.28. The molecule has 152 valence electrons. The van der Waals surface area contributed by atoms with Crippen LogP contribution in [0.1, 0.15) is 36.8 Å². The average Bonchev–Trinajstić information content (AvgIpc) is 3.20. The van der Waals surface area contributed by atoms with E-state index in [4.69, 9.17) is 23.2 Å². The normalized spacial score (nSPS) is 16.9. The number of hydrogen-bond acceptors (Lipinski definition) is 4. The fourth-order valence-corrected chi connectivity index (χ4v) is 4.38. The first-order valence-electron chi connectivity index (χ1n) is 10.2. The summed E-state index contributed by atoms with van der Waals surface area (Å²) >= 11 is 12.2. The van der Waals surface area contributed by atoms with Gasteiger partial charge in [0.2, 0.25) is 5.95 Å². The van der Waals surface area contributed by atoms with Gasteiger partial charge in [0.25, 0.3) is 0 Å². The molecule has 2 heterocycles. The Bertz CT molecular complexity index is 928. The Balaban J connectivity index is 1.36. The zero-order chi connectivity index (χ0) is 20.1. The molecule has 0 spiro atoms. The van der Waals surface area contributed by atoms with E-state index in [0.717, 1.165) is 31.0 Å². The van der Waals surface area contributed by atoms with Crippen molar-refractivity contribution >= 4 is 29.2 Å². The maximum atomic E-state index is 6.15. The zero-order valence-corrected chi connectivity index (χ0v) is 17.9. The van der Waals surface area contributed by atoms with Gasteiger partial charge in [0.1, 0.15) is 0 Å². The van der Waals surface area contributed by atoms with Crippen molar-refractivity contribution in [3.63, 3.8) is 0 Å². The van der Waals surface area contributed by atoms with E-state index < -0.39 is 0 Å². The highest BCUT2D eigenvalue weighted by Gasteiger charge is 2.24. The number of hydrogen-bond donors (Lipinski definition) is 0. The fourth-order valence-electron chi connectivity index (χ4n) is 4.06. The smallest absolute Gasteiger partial charge is 0.245 e. The van der Waals surface area contributed by atoms with Crippen LogP contribution in [0.2, 0.25) is 10.0 Å². The molecule has 0 N–H and O–H groups in total. The number of aromatic nitrogens is 4. The molecule has 7 heteroatoms. The van der Waals surface area contributed by atoms with Crippen molar-refractivity contribution in [1.82, 2.24) is 20.2 Å². The van der Waals surface area contributed by atoms with Gasteiger partial charge in [-0.3, -0.25) is 0 Å². The molecule has 4 rings (SSSR count). The molecule has 3 aromatic rings. The number of halogens is 2.